The van der Waals surface area contributed by atoms with E-state index in [1.165, 1.54) is 10.7 Å². The lowest BCUT2D eigenvalue weighted by Crippen LogP contribution is -2.27. The van der Waals surface area contributed by atoms with E-state index < -0.39 is 6.10 Å². The average Bonchev–Trinajstić information content (AvgIpc) is 2.73. The summed E-state index contributed by atoms with van der Waals surface area (Å²) in [7, 11) is 1.58. The van der Waals surface area contributed by atoms with Gasteiger partial charge in [0.25, 0.3) is 5.56 Å². The fourth-order valence-electron chi connectivity index (χ4n) is 2.16. The first-order chi connectivity index (χ1) is 7.22. The molecule has 1 aliphatic rings. The Morgan fingerprint density at radius 3 is 3.07 bits per heavy atom. The van der Waals surface area contributed by atoms with Crippen molar-refractivity contribution in [1.29, 1.82) is 0 Å². The monoisotopic (exact) mass is 212 g/mol. The molecule has 2 rings (SSSR count). The van der Waals surface area contributed by atoms with Crippen LogP contribution in [0.1, 0.15) is 31.0 Å². The zero-order chi connectivity index (χ0) is 10.8. The van der Waals surface area contributed by atoms with Crippen LogP contribution in [0.25, 0.3) is 0 Å². The molecule has 0 radical (unpaired) electrons. The van der Waals surface area contributed by atoms with Crippen LogP contribution in [0, 0.1) is 0 Å². The molecule has 5 nitrogen and oxygen atoms in total. The van der Waals surface area contributed by atoms with Crippen molar-refractivity contribution in [3.05, 3.63) is 22.1 Å². The second kappa shape index (κ2) is 4.20. The molecule has 1 aliphatic carbocycles. The number of aliphatic hydroxyl groups is 1. The third-order valence-corrected chi connectivity index (χ3v) is 2.87. The summed E-state index contributed by atoms with van der Waals surface area (Å²) in [5.74, 6) is 0. The minimum absolute atomic E-state index is 0.0898. The van der Waals surface area contributed by atoms with E-state index in [9.17, 15) is 9.90 Å². The summed E-state index contributed by atoms with van der Waals surface area (Å²) in [5.41, 5.74) is 0.662. The zero-order valence-corrected chi connectivity index (χ0v) is 8.77. The summed E-state index contributed by atoms with van der Waals surface area (Å²) < 4.78 is 6.46. The molecule has 1 aromatic rings. The highest BCUT2D eigenvalue weighted by Gasteiger charge is 2.28. The molecule has 2 N–H and O–H groups in total. The molecule has 1 fully saturated rings. The number of aliphatic hydroxyl groups excluding tert-OH is 1. The van der Waals surface area contributed by atoms with Crippen molar-refractivity contribution in [2.75, 3.05) is 7.11 Å². The Hall–Kier alpha value is -1.07. The molecule has 1 heterocycles. The minimum Gasteiger partial charge on any atom is -0.391 e. The van der Waals surface area contributed by atoms with Crippen LogP contribution in [0.3, 0.4) is 0 Å². The van der Waals surface area contributed by atoms with Gasteiger partial charge in [0.1, 0.15) is 0 Å². The van der Waals surface area contributed by atoms with E-state index in [4.69, 9.17) is 4.74 Å². The van der Waals surface area contributed by atoms with Gasteiger partial charge in [0.2, 0.25) is 0 Å². The summed E-state index contributed by atoms with van der Waals surface area (Å²) in [6.07, 6.45) is 2.19. The quantitative estimate of drug-likeness (QED) is 0.762. The fourth-order valence-corrected chi connectivity index (χ4v) is 2.16. The van der Waals surface area contributed by atoms with Crippen molar-refractivity contribution in [3.8, 4) is 0 Å². The highest BCUT2D eigenvalue weighted by Crippen LogP contribution is 2.28. The van der Waals surface area contributed by atoms with Gasteiger partial charge in [-0.05, 0) is 19.3 Å². The van der Waals surface area contributed by atoms with Crippen LogP contribution in [0.15, 0.2) is 10.9 Å². The van der Waals surface area contributed by atoms with E-state index in [0.717, 1.165) is 25.0 Å². The van der Waals surface area contributed by atoms with E-state index in [2.05, 4.69) is 5.10 Å². The molecule has 0 spiro atoms. The number of nitrogens with one attached hydrogen (secondary N) is 1. The molecular formula is C10H16N2O3. The number of rotatable bonds is 3. The predicted octanol–water partition coefficient (Wildman–Crippen LogP) is 0.409. The van der Waals surface area contributed by atoms with Crippen LogP contribution < -0.4 is 5.56 Å². The first-order valence-corrected chi connectivity index (χ1v) is 5.20. The second-order valence-corrected chi connectivity index (χ2v) is 3.99. The number of aromatic amines is 1. The summed E-state index contributed by atoms with van der Waals surface area (Å²) >= 11 is 0. The third kappa shape index (κ3) is 1.98. The van der Waals surface area contributed by atoms with Gasteiger partial charge in [0.15, 0.2) is 0 Å². The van der Waals surface area contributed by atoms with Gasteiger partial charge < -0.3 is 9.84 Å². The highest BCUT2D eigenvalue weighted by atomic mass is 16.5. The number of methoxy groups -OCH3 is 1. The van der Waals surface area contributed by atoms with Gasteiger partial charge in [-0.2, -0.15) is 0 Å². The number of hydrogen-bond acceptors (Lipinski definition) is 3. The van der Waals surface area contributed by atoms with E-state index in [0.29, 0.717) is 6.61 Å². The highest BCUT2D eigenvalue weighted by molar-refractivity contribution is 5.00. The number of H-pyrrole nitrogens is 1. The zero-order valence-electron chi connectivity index (χ0n) is 8.77. The minimum atomic E-state index is -0.406. The largest absolute Gasteiger partial charge is 0.391 e. The van der Waals surface area contributed by atoms with Gasteiger partial charge in [0.05, 0.1) is 24.4 Å². The SMILES string of the molecule is COCc1cc(=O)n(C2CCCC2O)[nH]1. The van der Waals surface area contributed by atoms with Gasteiger partial charge in [-0.3, -0.25) is 9.89 Å². The molecular weight excluding hydrogens is 196 g/mol. The lowest BCUT2D eigenvalue weighted by atomic mass is 10.2. The van der Waals surface area contributed by atoms with Gasteiger partial charge in [-0.25, -0.2) is 4.68 Å². The van der Waals surface area contributed by atoms with Gasteiger partial charge in [-0.1, -0.05) is 0 Å². The molecule has 5 heteroatoms. The van der Waals surface area contributed by atoms with Crippen LogP contribution in [-0.2, 0) is 11.3 Å². The molecule has 1 saturated carbocycles. The van der Waals surface area contributed by atoms with Gasteiger partial charge in [-0.15, -0.1) is 0 Å². The molecule has 2 unspecified atom stereocenters. The average molecular weight is 212 g/mol. The van der Waals surface area contributed by atoms with Gasteiger partial charge >= 0.3 is 0 Å². The van der Waals surface area contributed by atoms with Crippen LogP contribution in [0.4, 0.5) is 0 Å². The molecule has 0 amide bonds. The van der Waals surface area contributed by atoms with E-state index >= 15 is 0 Å². The van der Waals surface area contributed by atoms with E-state index in [-0.39, 0.29) is 11.6 Å². The number of ether oxygens (including phenoxy) is 1. The summed E-state index contributed by atoms with van der Waals surface area (Å²) in [6, 6.07) is 1.43. The fraction of sp³-hybridized carbons (Fsp3) is 0.700. The summed E-state index contributed by atoms with van der Waals surface area (Å²) in [4.78, 5) is 11.6. The van der Waals surface area contributed by atoms with Crippen LogP contribution in [0.2, 0.25) is 0 Å². The first-order valence-electron chi connectivity index (χ1n) is 5.20. The third-order valence-electron chi connectivity index (χ3n) is 2.87. The molecule has 84 valence electrons. The Kier molecular flexibility index (Phi) is 2.93. The standard InChI is InChI=1S/C10H16N2O3/c1-15-6-7-5-10(14)12(11-7)8-3-2-4-9(8)13/h5,8-9,11,13H,2-4,6H2,1H3. The van der Waals surface area contributed by atoms with Crippen LogP contribution >= 0.6 is 0 Å². The first kappa shape index (κ1) is 10.4. The molecule has 0 aromatic carbocycles. The predicted molar refractivity (Wildman–Crippen MR) is 54.7 cm³/mol. The van der Waals surface area contributed by atoms with Crippen LogP contribution in [-0.4, -0.2) is 28.1 Å². The van der Waals surface area contributed by atoms with Crippen molar-refractivity contribution < 1.29 is 9.84 Å². The normalized spacial score (nSPS) is 26.0. The Labute approximate surface area is 87.7 Å². The summed E-state index contributed by atoms with van der Waals surface area (Å²) in [5, 5.41) is 12.7. The smallest absolute Gasteiger partial charge is 0.267 e. The second-order valence-electron chi connectivity index (χ2n) is 3.99. The Morgan fingerprint density at radius 2 is 2.47 bits per heavy atom. The van der Waals surface area contributed by atoms with Crippen molar-refractivity contribution >= 4 is 0 Å². The Bertz CT molecular complexity index is 382. The van der Waals surface area contributed by atoms with E-state index in [1.54, 1.807) is 7.11 Å². The maximum absolute atomic E-state index is 11.6. The van der Waals surface area contributed by atoms with Gasteiger partial charge in [0, 0.05) is 13.2 Å². The number of hydrogen-bond donors (Lipinski definition) is 2. The molecule has 0 bridgehead atoms. The summed E-state index contributed by atoms with van der Waals surface area (Å²) in [6.45, 7) is 0.394. The van der Waals surface area contributed by atoms with E-state index in [1.807, 2.05) is 0 Å². The Balaban J connectivity index is 2.23. The maximum atomic E-state index is 11.6. The Morgan fingerprint density at radius 1 is 1.67 bits per heavy atom. The molecule has 0 saturated heterocycles. The lowest BCUT2D eigenvalue weighted by molar-refractivity contribution is 0.127. The molecule has 0 aliphatic heterocycles. The topological polar surface area (TPSA) is 67.2 Å². The lowest BCUT2D eigenvalue weighted by Gasteiger charge is -2.14. The van der Waals surface area contributed by atoms with Crippen molar-refractivity contribution in [2.45, 2.75) is 38.0 Å². The molecule has 2 atom stereocenters. The van der Waals surface area contributed by atoms with Crippen molar-refractivity contribution in [3.63, 3.8) is 0 Å². The molecule has 15 heavy (non-hydrogen) atoms. The van der Waals surface area contributed by atoms with Crippen LogP contribution in [0.5, 0.6) is 0 Å². The van der Waals surface area contributed by atoms with Crippen molar-refractivity contribution in [1.82, 2.24) is 9.78 Å². The number of aromatic nitrogens is 2. The van der Waals surface area contributed by atoms with Crippen molar-refractivity contribution in [2.24, 2.45) is 0 Å². The molecule has 1 aromatic heterocycles. The maximum Gasteiger partial charge on any atom is 0.267 e. The number of nitrogens with zero attached hydrogens (tertiary/aromatic N) is 1.